The van der Waals surface area contributed by atoms with E-state index in [4.69, 9.17) is 27.9 Å². The number of hydrogen-bond donors (Lipinski definition) is 4. The number of ether oxygens (including phenoxy) is 1. The number of carbonyl (C=O) groups is 3. The topological polar surface area (TPSA) is 128 Å². The Morgan fingerprint density at radius 1 is 0.981 bits per heavy atom. The molecule has 0 saturated heterocycles. The molecule has 4 N–H and O–H groups in total. The van der Waals surface area contributed by atoms with Gasteiger partial charge in [0, 0.05) is 35.3 Å². The highest BCUT2D eigenvalue weighted by Crippen LogP contribution is 2.39. The predicted molar refractivity (Wildman–Crippen MR) is 206 cm³/mol. The van der Waals surface area contributed by atoms with Gasteiger partial charge in [-0.2, -0.15) is 0 Å². The van der Waals surface area contributed by atoms with Crippen molar-refractivity contribution in [2.75, 3.05) is 23.9 Å². The number of carbonyl (C=O) groups excluding carboxylic acids is 1. The van der Waals surface area contributed by atoms with Crippen LogP contribution in [-0.2, 0) is 11.2 Å². The van der Waals surface area contributed by atoms with Crippen molar-refractivity contribution < 1.29 is 33.7 Å². The van der Waals surface area contributed by atoms with Crippen LogP contribution in [0.1, 0.15) is 83.5 Å². The summed E-state index contributed by atoms with van der Waals surface area (Å²) in [5.41, 5.74) is 3.49. The molecule has 278 valence electrons. The van der Waals surface area contributed by atoms with Crippen molar-refractivity contribution in [1.82, 2.24) is 5.32 Å². The molecule has 1 amide bonds. The first-order chi connectivity index (χ1) is 25.1. The molecule has 1 aliphatic heterocycles. The summed E-state index contributed by atoms with van der Waals surface area (Å²) in [5, 5.41) is 25.8. The molecule has 0 unspecified atom stereocenters. The lowest BCUT2D eigenvalue weighted by atomic mass is 9.83. The molecule has 0 radical (unpaired) electrons. The average Bonchev–Trinajstić information content (AvgIpc) is 3.11. The summed E-state index contributed by atoms with van der Waals surface area (Å²) in [6.07, 6.45) is 2.66. The second-order valence-corrected chi connectivity index (χ2v) is 15.0. The minimum Gasteiger partial charge on any atom is -0.495 e. The van der Waals surface area contributed by atoms with Gasteiger partial charge in [0.2, 0.25) is 5.91 Å². The van der Waals surface area contributed by atoms with E-state index >= 15 is 4.39 Å². The molecule has 9 nitrogen and oxygen atoms in total. The Kier molecular flexibility index (Phi) is 12.0. The second kappa shape index (κ2) is 16.3. The normalized spacial score (nSPS) is 17.7. The summed E-state index contributed by atoms with van der Waals surface area (Å²) in [6.45, 7) is 8.62. The van der Waals surface area contributed by atoms with Crippen LogP contribution in [0.2, 0.25) is 10.0 Å². The predicted octanol–water partition coefficient (Wildman–Crippen LogP) is 9.36. The van der Waals surface area contributed by atoms with E-state index in [9.17, 15) is 24.6 Å². The summed E-state index contributed by atoms with van der Waals surface area (Å²) in [6, 6.07) is 19.8. The highest BCUT2D eigenvalue weighted by atomic mass is 35.5. The van der Waals surface area contributed by atoms with Crippen LogP contribution in [0.25, 0.3) is 0 Å². The molecule has 0 spiro atoms. The number of amides is 1. The molecule has 0 saturated carbocycles. The van der Waals surface area contributed by atoms with Crippen LogP contribution < -0.4 is 20.3 Å². The monoisotopic (exact) mass is 761 g/mol. The van der Waals surface area contributed by atoms with Crippen LogP contribution in [-0.4, -0.2) is 47.8 Å². The Morgan fingerprint density at radius 2 is 1.66 bits per heavy atom. The fourth-order valence-electron chi connectivity index (χ4n) is 6.67. The Hall–Kier alpha value is -5.06. The summed E-state index contributed by atoms with van der Waals surface area (Å²) >= 11 is 13.0. The van der Waals surface area contributed by atoms with E-state index in [-0.39, 0.29) is 51.0 Å². The second-order valence-electron chi connectivity index (χ2n) is 14.1. The van der Waals surface area contributed by atoms with Gasteiger partial charge in [-0.15, -0.1) is 0 Å². The van der Waals surface area contributed by atoms with E-state index in [0.29, 0.717) is 18.0 Å². The number of benzene rings is 4. The van der Waals surface area contributed by atoms with Crippen molar-refractivity contribution in [3.05, 3.63) is 134 Å². The number of rotatable bonds is 8. The number of hydrogen-bond acceptors (Lipinski definition) is 6. The number of aromatic carboxylic acids is 2. The molecule has 12 heteroatoms. The van der Waals surface area contributed by atoms with E-state index < -0.39 is 35.6 Å². The quantitative estimate of drug-likeness (QED) is 0.140. The number of halogens is 3. The van der Waals surface area contributed by atoms with Gasteiger partial charge < -0.3 is 30.5 Å². The Labute approximate surface area is 318 Å². The largest absolute Gasteiger partial charge is 0.495 e. The van der Waals surface area contributed by atoms with E-state index in [1.165, 1.54) is 31.4 Å². The minimum absolute atomic E-state index is 0.0159. The maximum absolute atomic E-state index is 16.2. The number of carboxylic acids is 2. The molecule has 5 rings (SSSR count). The van der Waals surface area contributed by atoms with E-state index in [0.717, 1.165) is 22.5 Å². The van der Waals surface area contributed by atoms with Crippen molar-refractivity contribution in [2.45, 2.75) is 58.5 Å². The van der Waals surface area contributed by atoms with Gasteiger partial charge in [0.25, 0.3) is 0 Å². The standard InChI is InChI=1S/C41H42Cl2FN3O6/c1-23(24-9-11-25(12-10-24)39(49)50)47-18-17-29(22-41(2,3)4)45-37(38(48)46-33-16-14-27(40(51)52)20-35(33)53-5)31(30-7-6-8-32(43)36(30)44)19-26-13-15-28(42)21-34(26)47/h6-16,20-23,31,37,45H,17-19H2,1-5H3,(H,46,48)(H,49,50)(H,51,52)/b29-22-/t23-,31+,37-/m1/s1. The van der Waals surface area contributed by atoms with Crippen molar-refractivity contribution in [3.8, 4) is 5.75 Å². The fraction of sp³-hybridized carbons (Fsp3) is 0.293. The van der Waals surface area contributed by atoms with Crippen molar-refractivity contribution >= 4 is 52.4 Å². The summed E-state index contributed by atoms with van der Waals surface area (Å²) in [7, 11) is 1.38. The van der Waals surface area contributed by atoms with Gasteiger partial charge in [-0.3, -0.25) is 4.79 Å². The van der Waals surface area contributed by atoms with Crippen molar-refractivity contribution in [2.24, 2.45) is 5.41 Å². The van der Waals surface area contributed by atoms with Crippen LogP contribution in [0.3, 0.4) is 0 Å². The summed E-state index contributed by atoms with van der Waals surface area (Å²) in [4.78, 5) is 40.1. The molecular weight excluding hydrogens is 720 g/mol. The number of allylic oxidation sites excluding steroid dienone is 1. The highest BCUT2D eigenvalue weighted by Gasteiger charge is 2.36. The lowest BCUT2D eigenvalue weighted by Gasteiger charge is -2.38. The van der Waals surface area contributed by atoms with Gasteiger partial charge in [0.1, 0.15) is 17.6 Å². The Morgan fingerprint density at radius 3 is 2.30 bits per heavy atom. The number of anilines is 2. The first-order valence-electron chi connectivity index (χ1n) is 17.1. The number of nitrogens with zero attached hydrogens (tertiary/aromatic N) is 1. The zero-order valence-electron chi connectivity index (χ0n) is 30.0. The van der Waals surface area contributed by atoms with Crippen molar-refractivity contribution in [3.63, 3.8) is 0 Å². The molecule has 0 aliphatic carbocycles. The number of fused-ring (bicyclic) bond motifs is 1. The molecule has 3 atom stereocenters. The van der Waals surface area contributed by atoms with Crippen LogP contribution >= 0.6 is 23.2 Å². The number of carboxylic acid groups (broad SMARTS) is 2. The Bertz CT molecular complexity index is 2050. The molecule has 0 bridgehead atoms. The zero-order chi connectivity index (χ0) is 38.6. The lowest BCUT2D eigenvalue weighted by molar-refractivity contribution is -0.118. The minimum atomic E-state index is -1.15. The summed E-state index contributed by atoms with van der Waals surface area (Å²) in [5.74, 6) is -4.00. The first kappa shape index (κ1) is 39.2. The number of methoxy groups -OCH3 is 1. The molecule has 1 aliphatic rings. The van der Waals surface area contributed by atoms with Gasteiger partial charge >= 0.3 is 11.9 Å². The highest BCUT2D eigenvalue weighted by molar-refractivity contribution is 6.31. The van der Waals surface area contributed by atoms with E-state index in [1.54, 1.807) is 42.5 Å². The maximum Gasteiger partial charge on any atom is 0.335 e. The maximum atomic E-state index is 16.2. The third kappa shape index (κ3) is 9.30. The van der Waals surface area contributed by atoms with Crippen LogP contribution in [0.4, 0.5) is 15.8 Å². The first-order valence-corrected chi connectivity index (χ1v) is 17.8. The number of nitrogens with one attached hydrogen (secondary N) is 2. The molecule has 53 heavy (non-hydrogen) atoms. The van der Waals surface area contributed by atoms with Gasteiger partial charge in [-0.1, -0.05) is 80.4 Å². The molecule has 0 aromatic heterocycles. The smallest absolute Gasteiger partial charge is 0.335 e. The third-order valence-corrected chi connectivity index (χ3v) is 9.77. The molecular formula is C41H42Cl2FN3O6. The summed E-state index contributed by atoms with van der Waals surface area (Å²) < 4.78 is 21.6. The lowest BCUT2D eigenvalue weighted by Crippen LogP contribution is -2.47. The molecule has 4 aromatic carbocycles. The molecule has 4 aromatic rings. The SMILES string of the molecule is COc1cc(C(=O)O)ccc1NC(=O)[C@@H]1N/C(=C\C(C)(C)C)CCN([C@H](C)c2ccc(C(=O)O)cc2)c2cc(Cl)ccc2C[C@H]1c1cccc(Cl)c1F. The third-order valence-electron chi connectivity index (χ3n) is 9.25. The van der Waals surface area contributed by atoms with Gasteiger partial charge in [-0.05, 0) is 84.0 Å². The fourth-order valence-corrected chi connectivity index (χ4v) is 7.02. The van der Waals surface area contributed by atoms with Crippen LogP contribution in [0.15, 0.2) is 90.6 Å². The zero-order valence-corrected chi connectivity index (χ0v) is 31.6. The van der Waals surface area contributed by atoms with Gasteiger partial charge in [0.05, 0.1) is 35.0 Å². The van der Waals surface area contributed by atoms with Gasteiger partial charge in [-0.25, -0.2) is 14.0 Å². The molecule has 1 heterocycles. The average molecular weight is 763 g/mol. The van der Waals surface area contributed by atoms with Crippen LogP contribution in [0.5, 0.6) is 5.75 Å². The van der Waals surface area contributed by atoms with E-state index in [2.05, 4.69) is 15.5 Å². The van der Waals surface area contributed by atoms with Crippen molar-refractivity contribution in [1.29, 1.82) is 0 Å². The van der Waals surface area contributed by atoms with Gasteiger partial charge in [0.15, 0.2) is 0 Å². The molecule has 0 fully saturated rings. The Balaban J connectivity index is 1.69. The van der Waals surface area contributed by atoms with Crippen LogP contribution in [0, 0.1) is 11.2 Å². The van der Waals surface area contributed by atoms with E-state index in [1.807, 2.05) is 45.9 Å².